The molecule has 0 radical (unpaired) electrons. The third-order valence-corrected chi connectivity index (χ3v) is 4.66. The molecule has 3 aromatic carbocycles. The van der Waals surface area contributed by atoms with E-state index in [9.17, 15) is 0 Å². The Morgan fingerprint density at radius 1 is 0.652 bits per heavy atom. The standard InChI is InChI=1S/C21H16O2/c1-12(2)13-7-5-8-14-15-10-11-18-19(21(15)23-20(13)14)16-6-3-4-9-17(16)22-18/h3-12H,1-2H3. The second-order valence-electron chi connectivity index (χ2n) is 6.39. The van der Waals surface area contributed by atoms with Crippen molar-refractivity contribution in [3.05, 3.63) is 60.2 Å². The largest absolute Gasteiger partial charge is 0.456 e. The number of benzene rings is 3. The molecule has 0 spiro atoms. The second kappa shape index (κ2) is 4.39. The van der Waals surface area contributed by atoms with Crippen LogP contribution in [0.1, 0.15) is 25.3 Å². The van der Waals surface area contributed by atoms with Gasteiger partial charge in [-0.3, -0.25) is 0 Å². The van der Waals surface area contributed by atoms with Crippen molar-refractivity contribution in [1.82, 2.24) is 0 Å². The average Bonchev–Trinajstić information content (AvgIpc) is 3.11. The molecule has 0 N–H and O–H groups in total. The van der Waals surface area contributed by atoms with Gasteiger partial charge < -0.3 is 8.83 Å². The summed E-state index contributed by atoms with van der Waals surface area (Å²) in [7, 11) is 0. The normalized spacial score (nSPS) is 12.3. The molecule has 0 fully saturated rings. The SMILES string of the molecule is CC(C)c1cccc2c1oc1c2ccc2oc3ccccc3c21. The van der Waals surface area contributed by atoms with Crippen LogP contribution in [0.25, 0.3) is 43.9 Å². The first-order chi connectivity index (χ1) is 11.2. The van der Waals surface area contributed by atoms with E-state index in [1.54, 1.807) is 0 Å². The molecule has 5 rings (SSSR count). The maximum atomic E-state index is 6.36. The molecule has 23 heavy (non-hydrogen) atoms. The van der Waals surface area contributed by atoms with Gasteiger partial charge in [0.25, 0.3) is 0 Å². The minimum Gasteiger partial charge on any atom is -0.456 e. The van der Waals surface area contributed by atoms with E-state index in [2.05, 4.69) is 50.2 Å². The molecular formula is C21H16O2. The van der Waals surface area contributed by atoms with E-state index in [1.807, 2.05) is 18.2 Å². The Labute approximate surface area is 133 Å². The number of furan rings is 2. The first-order valence-electron chi connectivity index (χ1n) is 7.99. The van der Waals surface area contributed by atoms with Gasteiger partial charge in [-0.25, -0.2) is 0 Å². The molecule has 0 saturated heterocycles. The van der Waals surface area contributed by atoms with Crippen molar-refractivity contribution in [2.75, 3.05) is 0 Å². The summed E-state index contributed by atoms with van der Waals surface area (Å²) < 4.78 is 12.3. The van der Waals surface area contributed by atoms with E-state index in [1.165, 1.54) is 10.9 Å². The summed E-state index contributed by atoms with van der Waals surface area (Å²) >= 11 is 0. The molecular weight excluding hydrogens is 284 g/mol. The minimum atomic E-state index is 0.427. The molecule has 2 heteroatoms. The molecule has 112 valence electrons. The third-order valence-electron chi connectivity index (χ3n) is 4.66. The van der Waals surface area contributed by atoms with Crippen LogP contribution in [-0.2, 0) is 0 Å². The van der Waals surface area contributed by atoms with Gasteiger partial charge in [0.1, 0.15) is 22.3 Å². The van der Waals surface area contributed by atoms with E-state index in [4.69, 9.17) is 8.83 Å². The lowest BCUT2D eigenvalue weighted by Gasteiger charge is -2.04. The maximum absolute atomic E-state index is 6.36. The van der Waals surface area contributed by atoms with Gasteiger partial charge in [-0.15, -0.1) is 0 Å². The predicted octanol–water partition coefficient (Wildman–Crippen LogP) is 6.61. The Morgan fingerprint density at radius 3 is 2.30 bits per heavy atom. The fraction of sp³-hybridized carbons (Fsp3) is 0.143. The summed E-state index contributed by atoms with van der Waals surface area (Å²) in [5.41, 5.74) is 4.95. The van der Waals surface area contributed by atoms with Crippen molar-refractivity contribution in [2.24, 2.45) is 0 Å². The van der Waals surface area contributed by atoms with Gasteiger partial charge >= 0.3 is 0 Å². The van der Waals surface area contributed by atoms with Crippen molar-refractivity contribution >= 4 is 43.9 Å². The van der Waals surface area contributed by atoms with E-state index in [0.29, 0.717) is 5.92 Å². The van der Waals surface area contributed by atoms with Gasteiger partial charge in [0.15, 0.2) is 0 Å². The summed E-state index contributed by atoms with van der Waals surface area (Å²) in [6.45, 7) is 4.40. The second-order valence-corrected chi connectivity index (χ2v) is 6.39. The van der Waals surface area contributed by atoms with Crippen LogP contribution in [-0.4, -0.2) is 0 Å². The van der Waals surface area contributed by atoms with Crippen LogP contribution in [0.2, 0.25) is 0 Å². The monoisotopic (exact) mass is 300 g/mol. The summed E-state index contributed by atoms with van der Waals surface area (Å²) in [5.74, 6) is 0.427. The van der Waals surface area contributed by atoms with E-state index in [0.717, 1.165) is 38.5 Å². The van der Waals surface area contributed by atoms with Crippen molar-refractivity contribution in [3.8, 4) is 0 Å². The molecule has 0 aliphatic rings. The van der Waals surface area contributed by atoms with Gasteiger partial charge in [0.2, 0.25) is 0 Å². The van der Waals surface area contributed by atoms with Gasteiger partial charge in [-0.1, -0.05) is 50.2 Å². The number of fused-ring (bicyclic) bond motifs is 7. The Bertz CT molecular complexity index is 1190. The van der Waals surface area contributed by atoms with Crippen LogP contribution in [0.15, 0.2) is 63.4 Å². The molecule has 2 heterocycles. The highest BCUT2D eigenvalue weighted by molar-refractivity contribution is 6.22. The van der Waals surface area contributed by atoms with E-state index >= 15 is 0 Å². The topological polar surface area (TPSA) is 26.3 Å². The summed E-state index contributed by atoms with van der Waals surface area (Å²) in [6, 6.07) is 18.7. The fourth-order valence-corrected chi connectivity index (χ4v) is 3.54. The quantitative estimate of drug-likeness (QED) is 0.348. The average molecular weight is 300 g/mol. The molecule has 0 aliphatic carbocycles. The minimum absolute atomic E-state index is 0.427. The zero-order valence-electron chi connectivity index (χ0n) is 13.1. The third kappa shape index (κ3) is 1.63. The van der Waals surface area contributed by atoms with Crippen molar-refractivity contribution in [3.63, 3.8) is 0 Å². The van der Waals surface area contributed by atoms with Crippen molar-refractivity contribution in [1.29, 1.82) is 0 Å². The lowest BCUT2D eigenvalue weighted by atomic mass is 10.00. The van der Waals surface area contributed by atoms with Gasteiger partial charge in [-0.2, -0.15) is 0 Å². The van der Waals surface area contributed by atoms with Crippen molar-refractivity contribution in [2.45, 2.75) is 19.8 Å². The number of rotatable bonds is 1. The summed E-state index contributed by atoms with van der Waals surface area (Å²) in [4.78, 5) is 0. The Morgan fingerprint density at radius 2 is 1.43 bits per heavy atom. The fourth-order valence-electron chi connectivity index (χ4n) is 3.54. The molecule has 2 nitrogen and oxygen atoms in total. The highest BCUT2D eigenvalue weighted by Crippen LogP contribution is 2.40. The van der Waals surface area contributed by atoms with Gasteiger partial charge in [-0.05, 0) is 29.7 Å². The molecule has 0 bridgehead atoms. The Balaban J connectivity index is 2.05. The smallest absolute Gasteiger partial charge is 0.147 e. The number of para-hydroxylation sites is 2. The Hall–Kier alpha value is -2.74. The summed E-state index contributed by atoms with van der Waals surface area (Å²) in [5, 5.41) is 4.52. The van der Waals surface area contributed by atoms with E-state index < -0.39 is 0 Å². The van der Waals surface area contributed by atoms with E-state index in [-0.39, 0.29) is 0 Å². The summed E-state index contributed by atoms with van der Waals surface area (Å²) in [6.07, 6.45) is 0. The Kier molecular flexibility index (Phi) is 2.44. The highest BCUT2D eigenvalue weighted by atomic mass is 16.3. The van der Waals surface area contributed by atoms with Crippen LogP contribution >= 0.6 is 0 Å². The molecule has 2 aromatic heterocycles. The van der Waals surface area contributed by atoms with Crippen molar-refractivity contribution < 1.29 is 8.83 Å². The van der Waals surface area contributed by atoms with Crippen LogP contribution in [0.3, 0.4) is 0 Å². The molecule has 0 unspecified atom stereocenters. The zero-order valence-corrected chi connectivity index (χ0v) is 13.1. The predicted molar refractivity (Wildman–Crippen MR) is 95.1 cm³/mol. The van der Waals surface area contributed by atoms with Crippen LogP contribution in [0, 0.1) is 0 Å². The van der Waals surface area contributed by atoms with Crippen LogP contribution < -0.4 is 0 Å². The maximum Gasteiger partial charge on any atom is 0.147 e. The molecule has 0 amide bonds. The molecule has 0 aliphatic heterocycles. The first-order valence-corrected chi connectivity index (χ1v) is 7.99. The molecule has 0 saturated carbocycles. The molecule has 0 atom stereocenters. The highest BCUT2D eigenvalue weighted by Gasteiger charge is 2.17. The van der Waals surface area contributed by atoms with Gasteiger partial charge in [0, 0.05) is 16.2 Å². The number of hydrogen-bond donors (Lipinski definition) is 0. The molecule has 5 aromatic rings. The number of hydrogen-bond acceptors (Lipinski definition) is 2. The lowest BCUT2D eigenvalue weighted by Crippen LogP contribution is -1.86. The van der Waals surface area contributed by atoms with Gasteiger partial charge in [0.05, 0.1) is 5.39 Å². The first kappa shape index (κ1) is 12.8. The van der Waals surface area contributed by atoms with Crippen LogP contribution in [0.4, 0.5) is 0 Å². The lowest BCUT2D eigenvalue weighted by molar-refractivity contribution is 0.656. The zero-order chi connectivity index (χ0) is 15.6. The van der Waals surface area contributed by atoms with Crippen LogP contribution in [0.5, 0.6) is 0 Å².